The predicted molar refractivity (Wildman–Crippen MR) is 313 cm³/mol. The number of Topliss-reactive ketones (excluding diaryl/α,β-unsaturated/α-hetero) is 1. The molecule has 1 saturated heterocycles. The lowest BCUT2D eigenvalue weighted by Gasteiger charge is -2.68. The highest BCUT2D eigenvalue weighted by molar-refractivity contribution is 8.76. The molecular formula is C59H91NO17S2Si2. The zero-order valence-corrected chi connectivity index (χ0v) is 54.6. The average molecular weight is 1210 g/mol. The van der Waals surface area contributed by atoms with Crippen LogP contribution in [0.5, 0.6) is 0 Å². The third kappa shape index (κ3) is 12.7. The van der Waals surface area contributed by atoms with E-state index in [-0.39, 0.29) is 58.7 Å². The summed E-state index contributed by atoms with van der Waals surface area (Å²) in [5.41, 5.74) is -8.49. The maximum atomic E-state index is 16.9. The summed E-state index contributed by atoms with van der Waals surface area (Å²) in [5.74, 6) is -4.96. The van der Waals surface area contributed by atoms with Crippen LogP contribution in [0.1, 0.15) is 166 Å². The molecule has 3 fully saturated rings. The molecule has 2 aromatic rings. The van der Waals surface area contributed by atoms with Crippen LogP contribution in [-0.4, -0.2) is 130 Å². The molecule has 4 aliphatic rings. The van der Waals surface area contributed by atoms with Gasteiger partial charge in [0.15, 0.2) is 31.9 Å². The molecule has 6 rings (SSSR count). The summed E-state index contributed by atoms with van der Waals surface area (Å²) >= 11 is 0. The summed E-state index contributed by atoms with van der Waals surface area (Å²) in [6.07, 6.45) is -4.88. The number of fused-ring (bicyclic) bond motifs is 5. The Morgan fingerprint density at radius 3 is 2.02 bits per heavy atom. The lowest BCUT2D eigenvalue weighted by atomic mass is 9.44. The van der Waals surface area contributed by atoms with Gasteiger partial charge in [-0.25, -0.2) is 14.4 Å². The molecule has 3 aliphatic carbocycles. The third-order valence-electron chi connectivity index (χ3n) is 18.2. The van der Waals surface area contributed by atoms with Gasteiger partial charge < -0.3 is 56.5 Å². The van der Waals surface area contributed by atoms with Gasteiger partial charge in [-0.15, -0.1) is 0 Å². The predicted octanol–water partition coefficient (Wildman–Crippen LogP) is 12.0. The summed E-state index contributed by atoms with van der Waals surface area (Å²) in [6.45, 7) is 31.3. The van der Waals surface area contributed by atoms with Crippen molar-refractivity contribution in [2.75, 3.05) is 18.6 Å². The van der Waals surface area contributed by atoms with Crippen molar-refractivity contribution >= 4 is 74.0 Å². The first kappa shape index (κ1) is 66.2. The molecule has 454 valence electrons. The van der Waals surface area contributed by atoms with E-state index in [1.54, 1.807) is 82.2 Å². The summed E-state index contributed by atoms with van der Waals surface area (Å²) in [5, 5.41) is 17.5. The van der Waals surface area contributed by atoms with Gasteiger partial charge in [-0.1, -0.05) is 97.7 Å². The summed E-state index contributed by atoms with van der Waals surface area (Å²) in [4.78, 5) is 89.9. The van der Waals surface area contributed by atoms with Crippen molar-refractivity contribution in [3.05, 3.63) is 59.5 Å². The van der Waals surface area contributed by atoms with E-state index in [0.717, 1.165) is 0 Å². The molecule has 11 atom stereocenters. The zero-order valence-electron chi connectivity index (χ0n) is 51.0. The van der Waals surface area contributed by atoms with Crippen LogP contribution in [0.4, 0.5) is 4.79 Å². The van der Waals surface area contributed by atoms with Crippen LogP contribution in [0.2, 0.25) is 34.8 Å². The van der Waals surface area contributed by atoms with E-state index < -0.39 is 135 Å². The fourth-order valence-electron chi connectivity index (χ4n) is 13.9. The average Bonchev–Trinajstić information content (AvgIpc) is 3.22. The van der Waals surface area contributed by atoms with E-state index in [9.17, 15) is 24.3 Å². The zero-order chi connectivity index (χ0) is 60.4. The molecule has 1 amide bonds. The first-order valence-corrected chi connectivity index (χ1v) is 36.2. The Labute approximate surface area is 489 Å². The molecule has 0 spiro atoms. The Balaban J connectivity index is 1.68. The second kappa shape index (κ2) is 25.7. The standard InChI is InChI=1S/C59H91NO17S2Si2/c1-19-80(20-2,21-3)76-42-31-43-58(33-70-43,74-38(11)61)49-51(73-52(64)40-26-23-29-69-40)59(67)32-41(37(10)45(56(59,15)16)47(50(63)57(42,49)17)72-44(62)27-24-30-79-78-18)71-53(65)48(77-81(34(4)5,35(6)7)36(8)9)46(39-25-22-28-68-39)60-54(66)75-55(12,13)14/h22-23,25-26,28-29,34-36,41-43,46-49,51,67H,19-21,24,27,30-33H2,1-18H3,(H,60,66)/t41-,42-,43+,46-,47+,48+,49-,51-,57+,58-,59+/m0/s1. The van der Waals surface area contributed by atoms with Crippen LogP contribution in [0.3, 0.4) is 0 Å². The highest BCUT2D eigenvalue weighted by Crippen LogP contribution is 2.65. The molecule has 0 radical (unpaired) electrons. The molecule has 3 heterocycles. The first-order valence-electron chi connectivity index (χ1n) is 28.8. The smallest absolute Gasteiger partial charge is 0.408 e. The van der Waals surface area contributed by atoms with E-state index in [1.807, 2.05) is 47.8 Å². The van der Waals surface area contributed by atoms with Crippen molar-refractivity contribution in [3.8, 4) is 0 Å². The van der Waals surface area contributed by atoms with Gasteiger partial charge in [-0.3, -0.25) is 14.4 Å². The number of ether oxygens (including phenoxy) is 6. The molecular weight excluding hydrogens is 1110 g/mol. The van der Waals surface area contributed by atoms with Crippen molar-refractivity contribution in [2.24, 2.45) is 16.7 Å². The maximum absolute atomic E-state index is 16.9. The highest BCUT2D eigenvalue weighted by Gasteiger charge is 2.79. The number of carbonyl (C=O) groups excluding carboxylic acids is 6. The van der Waals surface area contributed by atoms with Crippen molar-refractivity contribution in [3.63, 3.8) is 0 Å². The Morgan fingerprint density at radius 2 is 1.52 bits per heavy atom. The van der Waals surface area contributed by atoms with Gasteiger partial charge in [-0.05, 0) is 117 Å². The van der Waals surface area contributed by atoms with Gasteiger partial charge in [0, 0.05) is 37.4 Å². The summed E-state index contributed by atoms with van der Waals surface area (Å²) in [7, 11) is -2.69. The van der Waals surface area contributed by atoms with Crippen LogP contribution >= 0.6 is 21.6 Å². The molecule has 2 N–H and O–H groups in total. The van der Waals surface area contributed by atoms with E-state index in [0.29, 0.717) is 30.3 Å². The fourth-order valence-corrected chi connectivity index (χ4v) is 23.7. The minimum absolute atomic E-state index is 0.0634. The largest absolute Gasteiger partial charge is 0.467 e. The number of carbonyl (C=O) groups is 6. The van der Waals surface area contributed by atoms with Crippen molar-refractivity contribution in [1.29, 1.82) is 0 Å². The maximum Gasteiger partial charge on any atom is 0.408 e. The minimum atomic E-state index is -3.12. The van der Waals surface area contributed by atoms with Crippen molar-refractivity contribution in [1.82, 2.24) is 5.32 Å². The lowest BCUT2D eigenvalue weighted by Crippen LogP contribution is -2.82. The molecule has 1 aliphatic heterocycles. The van der Waals surface area contributed by atoms with Crippen LogP contribution in [-0.2, 0) is 56.5 Å². The van der Waals surface area contributed by atoms with Crippen LogP contribution in [0.25, 0.3) is 0 Å². The Kier molecular flexibility index (Phi) is 21.1. The van der Waals surface area contributed by atoms with Gasteiger partial charge in [0.25, 0.3) is 0 Å². The second-order valence-corrected chi connectivity index (χ2v) is 37.9. The SMILES string of the molecule is CC[Si](CC)(CC)O[C@H]1C[C@H]2OC[C@@]2(OC(C)=O)[C@H]2[C@H](OC(=O)c3ccco3)[C@]3(O)C[C@H](OC(=O)[C@H](O[Si](C(C)C)(C(C)C)C(C)C)[C@@H](NC(=O)OC(C)(C)C)c4ccco4)C(C)=C([C@@H](OC(=O)CCCSSC)C(=O)[C@]12C)C3(C)C. The van der Waals surface area contributed by atoms with Gasteiger partial charge in [-0.2, -0.15) is 0 Å². The van der Waals surface area contributed by atoms with E-state index >= 15 is 9.59 Å². The molecule has 0 aromatic carbocycles. The minimum Gasteiger partial charge on any atom is -0.467 e. The number of hydrogen-bond donors (Lipinski definition) is 2. The summed E-state index contributed by atoms with van der Waals surface area (Å²) in [6, 6.07) is 6.84. The molecule has 0 unspecified atom stereocenters. The lowest BCUT2D eigenvalue weighted by molar-refractivity contribution is -0.344. The van der Waals surface area contributed by atoms with Gasteiger partial charge in [0.1, 0.15) is 41.3 Å². The molecule has 18 nitrogen and oxygen atoms in total. The monoisotopic (exact) mass is 1210 g/mol. The fraction of sp³-hybridized carbons (Fsp3) is 0.729. The summed E-state index contributed by atoms with van der Waals surface area (Å²) < 4.78 is 65.2. The van der Waals surface area contributed by atoms with Gasteiger partial charge in [0.2, 0.25) is 14.1 Å². The van der Waals surface area contributed by atoms with Gasteiger partial charge in [0.05, 0.1) is 36.6 Å². The number of furan rings is 2. The Hall–Kier alpha value is -3.91. The second-order valence-electron chi connectivity index (χ2n) is 25.1. The number of ketones is 1. The van der Waals surface area contributed by atoms with Crippen molar-refractivity contribution < 1.29 is 80.0 Å². The quantitative estimate of drug-likeness (QED) is 0.0248. The van der Waals surface area contributed by atoms with E-state index in [2.05, 4.69) is 26.1 Å². The topological polar surface area (TPSA) is 235 Å². The van der Waals surface area contributed by atoms with Gasteiger partial charge >= 0.3 is 30.0 Å². The number of nitrogens with one attached hydrogen (secondary N) is 1. The molecule has 22 heteroatoms. The highest BCUT2D eigenvalue weighted by atomic mass is 33.1. The number of aliphatic hydroxyl groups is 1. The van der Waals surface area contributed by atoms with E-state index in [4.69, 9.17) is 46.1 Å². The van der Waals surface area contributed by atoms with Crippen LogP contribution in [0, 0.1) is 16.7 Å². The number of alkyl carbamates (subject to hydrolysis) is 1. The van der Waals surface area contributed by atoms with Crippen LogP contribution in [0.15, 0.2) is 56.8 Å². The molecule has 2 bridgehead atoms. The van der Waals surface area contributed by atoms with Crippen molar-refractivity contribution in [2.45, 2.75) is 238 Å². The van der Waals surface area contributed by atoms with Crippen LogP contribution < -0.4 is 5.32 Å². The Morgan fingerprint density at radius 1 is 0.901 bits per heavy atom. The first-order chi connectivity index (χ1) is 37.8. The number of rotatable bonds is 24. The third-order valence-corrected chi connectivity index (χ3v) is 30.9. The normalized spacial score (nSPS) is 28.2. The molecule has 81 heavy (non-hydrogen) atoms. The number of esters is 4. The molecule has 2 saturated carbocycles. The Bertz CT molecular complexity index is 2550. The molecule has 2 aromatic heterocycles. The van der Waals surface area contributed by atoms with E-state index in [1.165, 1.54) is 31.6 Å². The number of hydrogen-bond acceptors (Lipinski definition) is 19. The number of amides is 1.